The molecule has 3 aromatic rings. The summed E-state index contributed by atoms with van der Waals surface area (Å²) in [5, 5.41) is 0.946. The summed E-state index contributed by atoms with van der Waals surface area (Å²) < 4.78 is 23.3. The van der Waals surface area contributed by atoms with Gasteiger partial charge in [0.15, 0.2) is 0 Å². The molecule has 0 saturated heterocycles. The molecule has 0 aliphatic heterocycles. The fraction of sp³-hybridized carbons (Fsp3) is 0.310. The minimum absolute atomic E-state index is 0.0970. The van der Waals surface area contributed by atoms with Crippen molar-refractivity contribution in [1.82, 2.24) is 0 Å². The Morgan fingerprint density at radius 2 is 1.42 bits per heavy atom. The number of methoxy groups -OCH3 is 1. The van der Waals surface area contributed by atoms with E-state index in [1.165, 1.54) is 16.7 Å². The molecule has 3 aromatic carbocycles. The van der Waals surface area contributed by atoms with E-state index < -0.39 is 15.5 Å². The molecule has 0 bridgehead atoms. The predicted octanol–water partition coefficient (Wildman–Crippen LogP) is 7.14. The summed E-state index contributed by atoms with van der Waals surface area (Å²) in [6.45, 7) is 13.2. The molecule has 0 heterocycles. The van der Waals surface area contributed by atoms with E-state index >= 15 is 4.11 Å². The van der Waals surface area contributed by atoms with Gasteiger partial charge in [-0.3, -0.25) is 0 Å². The van der Waals surface area contributed by atoms with Crippen LogP contribution in [0.3, 0.4) is 0 Å². The topological polar surface area (TPSA) is 9.23 Å². The lowest BCUT2D eigenvalue weighted by atomic mass is 9.67. The van der Waals surface area contributed by atoms with Crippen LogP contribution < -0.4 is 9.92 Å². The summed E-state index contributed by atoms with van der Waals surface area (Å²) in [6.07, 6.45) is 2.08. The van der Waals surface area contributed by atoms with E-state index in [1.54, 1.807) is 7.11 Å². The Balaban J connectivity index is 1.95. The standard InChI is InChI=1S/C29H35FOSi2/c1-7-25-21(2)29(33(30,32(4,5)6)24-13-9-8-10-14-24)27-16-12-11-15-26(27)28(25)22-17-19-23(31-3)20-18-22/h7-21,25,28-29H,1H2,2-6H3/t21-,25+,28-,29-,33?/m1/s1. The fourth-order valence-corrected chi connectivity index (χ4v) is 17.6. The molecule has 1 aliphatic carbocycles. The van der Waals surface area contributed by atoms with Gasteiger partial charge in [0.25, 0.3) is 7.93 Å². The molecule has 4 rings (SSSR count). The van der Waals surface area contributed by atoms with Gasteiger partial charge in [0, 0.05) is 11.5 Å². The van der Waals surface area contributed by atoms with Crippen LogP contribution in [0.4, 0.5) is 4.11 Å². The lowest BCUT2D eigenvalue weighted by molar-refractivity contribution is 0.341. The first-order valence-corrected chi connectivity index (χ1v) is 18.3. The van der Waals surface area contributed by atoms with Crippen molar-refractivity contribution in [1.29, 1.82) is 0 Å². The lowest BCUT2D eigenvalue weighted by Gasteiger charge is -2.50. The highest BCUT2D eigenvalue weighted by Crippen LogP contribution is 2.54. The molecule has 1 aliphatic rings. The SMILES string of the molecule is C=C[C@@H]1[C@@H](c2ccc(OC)cc2)c2ccccc2[C@H]([Si](F)(c2ccccc2)[Si](C)(C)C)[C@@H]1C. The van der Waals surface area contributed by atoms with Crippen molar-refractivity contribution in [2.45, 2.75) is 38.0 Å². The molecule has 172 valence electrons. The summed E-state index contributed by atoms with van der Waals surface area (Å²) in [6, 6.07) is 27.0. The van der Waals surface area contributed by atoms with Gasteiger partial charge in [0.1, 0.15) is 5.75 Å². The Kier molecular flexibility index (Phi) is 6.52. The Bertz CT molecular complexity index is 1110. The second kappa shape index (κ2) is 9.07. The molecule has 4 heteroatoms. The third kappa shape index (κ3) is 3.93. The summed E-state index contributed by atoms with van der Waals surface area (Å²) in [7, 11) is -3.87. The Hall–Kier alpha value is -2.44. The van der Waals surface area contributed by atoms with Gasteiger partial charge in [-0.05, 0) is 45.8 Å². The van der Waals surface area contributed by atoms with Crippen molar-refractivity contribution >= 4 is 20.7 Å². The van der Waals surface area contributed by atoms with Gasteiger partial charge in [0.05, 0.1) is 14.7 Å². The van der Waals surface area contributed by atoms with Crippen molar-refractivity contribution in [3.63, 3.8) is 0 Å². The number of ether oxygens (including phenoxy) is 1. The molecule has 1 nitrogen and oxygen atoms in total. The molecule has 0 saturated carbocycles. The first-order valence-electron chi connectivity index (χ1n) is 11.8. The number of hydrogen-bond acceptors (Lipinski definition) is 1. The van der Waals surface area contributed by atoms with Crippen LogP contribution in [-0.2, 0) is 0 Å². The molecule has 0 aromatic heterocycles. The van der Waals surface area contributed by atoms with Gasteiger partial charge >= 0.3 is 0 Å². The predicted molar refractivity (Wildman–Crippen MR) is 143 cm³/mol. The van der Waals surface area contributed by atoms with E-state index in [1.807, 2.05) is 42.5 Å². The molecular formula is C29H35FOSi2. The number of benzene rings is 3. The fourth-order valence-electron chi connectivity index (χ4n) is 5.99. The zero-order valence-electron chi connectivity index (χ0n) is 20.4. The summed E-state index contributed by atoms with van der Waals surface area (Å²) >= 11 is 0. The number of rotatable bonds is 6. The van der Waals surface area contributed by atoms with Gasteiger partial charge in [0.2, 0.25) is 0 Å². The number of fused-ring (bicyclic) bond motifs is 1. The Labute approximate surface area is 200 Å². The maximum absolute atomic E-state index is 17.9. The normalized spacial score (nSPS) is 24.4. The minimum Gasteiger partial charge on any atom is -0.497 e. The number of allylic oxidation sites excluding steroid dienone is 1. The van der Waals surface area contributed by atoms with Gasteiger partial charge in [-0.1, -0.05) is 99.4 Å². The van der Waals surface area contributed by atoms with Gasteiger partial charge in [-0.15, -0.1) is 6.58 Å². The molecule has 0 N–H and O–H groups in total. The van der Waals surface area contributed by atoms with Crippen LogP contribution in [0.15, 0.2) is 91.5 Å². The van der Waals surface area contributed by atoms with Gasteiger partial charge in [-0.25, -0.2) is 0 Å². The molecule has 1 unspecified atom stereocenters. The van der Waals surface area contributed by atoms with Crippen molar-refractivity contribution < 1.29 is 8.84 Å². The van der Waals surface area contributed by atoms with Gasteiger partial charge in [-0.2, -0.15) is 0 Å². The average molecular weight is 475 g/mol. The zero-order chi connectivity index (χ0) is 23.8. The van der Waals surface area contributed by atoms with Crippen LogP contribution in [0.5, 0.6) is 5.75 Å². The maximum atomic E-state index is 17.9. The first-order chi connectivity index (χ1) is 15.7. The highest BCUT2D eigenvalue weighted by molar-refractivity contribution is 7.43. The molecule has 0 fully saturated rings. The van der Waals surface area contributed by atoms with E-state index in [4.69, 9.17) is 4.74 Å². The molecule has 5 atom stereocenters. The molecule has 0 spiro atoms. The highest BCUT2D eigenvalue weighted by Gasteiger charge is 2.60. The lowest BCUT2D eigenvalue weighted by Crippen LogP contribution is -2.68. The van der Waals surface area contributed by atoms with Crippen LogP contribution in [0.1, 0.15) is 35.1 Å². The molecular weight excluding hydrogens is 439 g/mol. The minimum atomic E-state index is -3.37. The average Bonchev–Trinajstić information content (AvgIpc) is 2.83. The summed E-state index contributed by atoms with van der Waals surface area (Å²) in [4.78, 5) is 0. The summed E-state index contributed by atoms with van der Waals surface area (Å²) in [5.41, 5.74) is 3.58. The van der Waals surface area contributed by atoms with E-state index in [9.17, 15) is 0 Å². The van der Waals surface area contributed by atoms with Crippen molar-refractivity contribution in [3.8, 4) is 5.75 Å². The number of hydrogen-bond donors (Lipinski definition) is 0. The largest absolute Gasteiger partial charge is 0.497 e. The quantitative estimate of drug-likeness (QED) is 0.210. The van der Waals surface area contributed by atoms with Crippen LogP contribution >= 0.6 is 0 Å². The maximum Gasteiger partial charge on any atom is 0.269 e. The molecule has 0 amide bonds. The zero-order valence-corrected chi connectivity index (χ0v) is 22.4. The van der Waals surface area contributed by atoms with Crippen LogP contribution in [0.25, 0.3) is 0 Å². The smallest absolute Gasteiger partial charge is 0.269 e. The monoisotopic (exact) mass is 474 g/mol. The summed E-state index contributed by atoms with van der Waals surface area (Å²) in [5.74, 6) is 1.31. The molecule has 0 radical (unpaired) electrons. The van der Waals surface area contributed by atoms with E-state index in [0.29, 0.717) is 0 Å². The van der Waals surface area contributed by atoms with E-state index in [0.717, 1.165) is 10.9 Å². The van der Waals surface area contributed by atoms with E-state index in [2.05, 4.69) is 75.6 Å². The van der Waals surface area contributed by atoms with Crippen LogP contribution in [-0.4, -0.2) is 22.6 Å². The van der Waals surface area contributed by atoms with Crippen LogP contribution in [0, 0.1) is 11.8 Å². The van der Waals surface area contributed by atoms with Crippen molar-refractivity contribution in [3.05, 3.63) is 108 Å². The molecule has 33 heavy (non-hydrogen) atoms. The Morgan fingerprint density at radius 1 is 0.848 bits per heavy atom. The van der Waals surface area contributed by atoms with Gasteiger partial charge < -0.3 is 8.84 Å². The Morgan fingerprint density at radius 3 is 1.97 bits per heavy atom. The third-order valence-electron chi connectivity index (χ3n) is 7.64. The third-order valence-corrected chi connectivity index (χ3v) is 21.0. The van der Waals surface area contributed by atoms with E-state index in [-0.39, 0.29) is 23.3 Å². The highest BCUT2D eigenvalue weighted by atomic mass is 29.3. The second-order valence-corrected chi connectivity index (χ2v) is 24.2. The first kappa shape index (κ1) is 23.7. The second-order valence-electron chi connectivity index (χ2n) is 10.4. The number of halogens is 1. The van der Waals surface area contributed by atoms with Crippen molar-refractivity contribution in [2.24, 2.45) is 11.8 Å². The van der Waals surface area contributed by atoms with Crippen molar-refractivity contribution in [2.75, 3.05) is 7.11 Å². The van der Waals surface area contributed by atoms with Crippen LogP contribution in [0.2, 0.25) is 19.6 Å².